The van der Waals surface area contributed by atoms with E-state index in [4.69, 9.17) is 9.47 Å². The molecule has 0 aromatic heterocycles. The molecule has 0 saturated carbocycles. The van der Waals surface area contributed by atoms with Gasteiger partial charge in [0.25, 0.3) is 0 Å². The second kappa shape index (κ2) is 28.8. The summed E-state index contributed by atoms with van der Waals surface area (Å²) in [4.78, 5) is 30.7. The van der Waals surface area contributed by atoms with Crippen molar-refractivity contribution in [2.24, 2.45) is 0 Å². The second-order valence-corrected chi connectivity index (χ2v) is 13.9. The van der Waals surface area contributed by atoms with Gasteiger partial charge in [-0.2, -0.15) is 0 Å². The van der Waals surface area contributed by atoms with Crippen molar-refractivity contribution < 1.29 is 19.1 Å². The molecule has 0 unspecified atom stereocenters. The molecule has 0 fully saturated rings. The number of ether oxygens (including phenoxy) is 2. The molecule has 0 spiro atoms. The predicted octanol–water partition coefficient (Wildman–Crippen LogP) is 6.40. The molecular formula is C34H78N6O4. The van der Waals surface area contributed by atoms with E-state index in [1.54, 1.807) is 23.9 Å². The maximum atomic E-state index is 11.6. The van der Waals surface area contributed by atoms with Gasteiger partial charge in [-0.25, -0.2) is 9.59 Å². The van der Waals surface area contributed by atoms with Crippen LogP contribution in [0, 0.1) is 0 Å². The normalized spacial score (nSPS) is 11.2. The molecule has 268 valence electrons. The molecule has 2 N–H and O–H groups in total. The summed E-state index contributed by atoms with van der Waals surface area (Å²) in [6, 6.07) is 1.16. The zero-order chi connectivity index (χ0) is 35.5. The molecule has 0 radical (unpaired) electrons. The Hall–Kier alpha value is -1.62. The van der Waals surface area contributed by atoms with Crippen LogP contribution in [0.15, 0.2) is 0 Å². The van der Waals surface area contributed by atoms with Gasteiger partial charge >= 0.3 is 12.2 Å². The SMILES string of the molecule is CC(C)N(C)CCN(C)C(=O)OC(C)(C)C.CCCCN(C)C(=O)OC(C)(C)C.CCCCNC.CNCCN(C)C(C)C. The Kier molecular flexibility index (Phi) is 32.3. The van der Waals surface area contributed by atoms with E-state index in [-0.39, 0.29) is 12.2 Å². The molecule has 44 heavy (non-hydrogen) atoms. The Morgan fingerprint density at radius 2 is 0.955 bits per heavy atom. The Labute approximate surface area is 274 Å². The maximum absolute atomic E-state index is 11.6. The van der Waals surface area contributed by atoms with E-state index in [1.807, 2.05) is 62.7 Å². The van der Waals surface area contributed by atoms with E-state index in [0.29, 0.717) is 18.6 Å². The second-order valence-electron chi connectivity index (χ2n) is 13.9. The fraction of sp³-hybridized carbons (Fsp3) is 0.941. The van der Waals surface area contributed by atoms with Crippen molar-refractivity contribution >= 4 is 12.2 Å². The van der Waals surface area contributed by atoms with E-state index >= 15 is 0 Å². The third kappa shape index (κ3) is 38.4. The van der Waals surface area contributed by atoms with Crippen molar-refractivity contribution in [3.05, 3.63) is 0 Å². The number of hydrogen-bond donors (Lipinski definition) is 2. The van der Waals surface area contributed by atoms with Crippen LogP contribution in [0.3, 0.4) is 0 Å². The van der Waals surface area contributed by atoms with Gasteiger partial charge in [0.1, 0.15) is 11.2 Å². The minimum absolute atomic E-state index is 0.235. The summed E-state index contributed by atoms with van der Waals surface area (Å²) in [6.07, 6.45) is 4.21. The topological polar surface area (TPSA) is 89.6 Å². The van der Waals surface area contributed by atoms with Gasteiger partial charge in [-0.1, -0.05) is 26.7 Å². The molecule has 0 aromatic rings. The largest absolute Gasteiger partial charge is 0.444 e. The number of nitrogens with zero attached hydrogens (tertiary/aromatic N) is 4. The van der Waals surface area contributed by atoms with Gasteiger partial charge in [-0.05, 0) is 117 Å². The summed E-state index contributed by atoms with van der Waals surface area (Å²) in [5, 5.41) is 6.18. The van der Waals surface area contributed by atoms with Gasteiger partial charge in [-0.3, -0.25) is 0 Å². The summed E-state index contributed by atoms with van der Waals surface area (Å²) >= 11 is 0. The quantitative estimate of drug-likeness (QED) is 0.212. The molecule has 0 saturated heterocycles. The number of nitrogens with one attached hydrogen (secondary N) is 2. The van der Waals surface area contributed by atoms with Gasteiger partial charge < -0.3 is 39.7 Å². The van der Waals surface area contributed by atoms with Crippen LogP contribution in [0.4, 0.5) is 9.59 Å². The molecule has 10 heteroatoms. The first-order valence-electron chi connectivity index (χ1n) is 16.7. The minimum atomic E-state index is -0.421. The average Bonchev–Trinajstić information content (AvgIpc) is 2.90. The summed E-state index contributed by atoms with van der Waals surface area (Å²) in [7, 11) is 11.7. The van der Waals surface area contributed by atoms with Crippen molar-refractivity contribution in [2.75, 3.05) is 81.6 Å². The standard InChI is InChI=1S/C12H26N2O2.C10H21NO2.C7H18N2.C5H13N/c1-10(2)13(6)8-9-14(7)11(15)16-12(3,4)5;1-6-7-8-11(5)9(12)13-10(2,3)4;1-7(2)9(4)6-5-8-3;1-3-4-5-6-2/h10H,8-9H2,1-7H3;6-8H2,1-5H3;7-8H,5-6H2,1-4H3;6H,3-5H2,1-2H3. The molecule has 0 bridgehead atoms. The number of amides is 2. The molecule has 0 aromatic carbocycles. The lowest BCUT2D eigenvalue weighted by molar-refractivity contribution is 0.0277. The number of carbonyl (C=O) groups is 2. The molecule has 2 amide bonds. The molecule has 0 rings (SSSR count). The van der Waals surface area contributed by atoms with E-state index in [1.165, 1.54) is 12.8 Å². The van der Waals surface area contributed by atoms with E-state index in [9.17, 15) is 9.59 Å². The van der Waals surface area contributed by atoms with E-state index in [2.05, 4.69) is 69.0 Å². The summed E-state index contributed by atoms with van der Waals surface area (Å²) < 4.78 is 10.4. The summed E-state index contributed by atoms with van der Waals surface area (Å²) in [5.74, 6) is 0. The predicted molar refractivity (Wildman–Crippen MR) is 191 cm³/mol. The average molecular weight is 635 g/mol. The number of unbranched alkanes of at least 4 members (excludes halogenated alkanes) is 2. The van der Waals surface area contributed by atoms with Crippen LogP contribution in [0.5, 0.6) is 0 Å². The molecule has 10 nitrogen and oxygen atoms in total. The molecular weight excluding hydrogens is 556 g/mol. The third-order valence-corrected chi connectivity index (χ3v) is 6.30. The first kappa shape index (κ1) is 49.3. The number of hydrogen-bond acceptors (Lipinski definition) is 8. The number of carbonyl (C=O) groups excluding carboxylic acids is 2. The lowest BCUT2D eigenvalue weighted by Crippen LogP contribution is -2.39. The number of likely N-dealkylation sites (N-methyl/N-ethyl adjacent to an activating group) is 4. The molecule has 0 atom stereocenters. The minimum Gasteiger partial charge on any atom is -0.444 e. The van der Waals surface area contributed by atoms with E-state index < -0.39 is 11.2 Å². The lowest BCUT2D eigenvalue weighted by atomic mass is 10.2. The lowest BCUT2D eigenvalue weighted by Gasteiger charge is -2.27. The van der Waals surface area contributed by atoms with Crippen LogP contribution < -0.4 is 10.6 Å². The Balaban J connectivity index is -0.000000257. The van der Waals surface area contributed by atoms with Crippen LogP contribution in [-0.4, -0.2) is 137 Å². The first-order valence-corrected chi connectivity index (χ1v) is 16.7. The summed E-state index contributed by atoms with van der Waals surface area (Å²) in [6.45, 7) is 29.9. The summed E-state index contributed by atoms with van der Waals surface area (Å²) in [5.41, 5.74) is -0.813. The molecule has 0 aliphatic carbocycles. The number of rotatable bonds is 14. The van der Waals surface area contributed by atoms with Crippen LogP contribution in [0.1, 0.15) is 109 Å². The van der Waals surface area contributed by atoms with Gasteiger partial charge in [0.15, 0.2) is 0 Å². The zero-order valence-corrected chi connectivity index (χ0v) is 32.6. The smallest absolute Gasteiger partial charge is 0.410 e. The first-order chi connectivity index (χ1) is 20.1. The highest BCUT2D eigenvalue weighted by Crippen LogP contribution is 2.10. The van der Waals surface area contributed by atoms with Crippen molar-refractivity contribution in [1.82, 2.24) is 30.2 Å². The van der Waals surface area contributed by atoms with Crippen molar-refractivity contribution in [3.8, 4) is 0 Å². The molecule has 0 aliphatic heterocycles. The fourth-order valence-electron chi connectivity index (χ4n) is 2.72. The van der Waals surface area contributed by atoms with Gasteiger partial charge in [0.05, 0.1) is 0 Å². The maximum Gasteiger partial charge on any atom is 0.410 e. The van der Waals surface area contributed by atoms with Crippen molar-refractivity contribution in [1.29, 1.82) is 0 Å². The highest BCUT2D eigenvalue weighted by molar-refractivity contribution is 5.68. The Bertz CT molecular complexity index is 659. The van der Waals surface area contributed by atoms with Crippen molar-refractivity contribution in [2.45, 2.75) is 132 Å². The van der Waals surface area contributed by atoms with Crippen LogP contribution in [0.2, 0.25) is 0 Å². The molecule has 0 heterocycles. The van der Waals surface area contributed by atoms with Gasteiger partial charge in [0, 0.05) is 58.9 Å². The zero-order valence-electron chi connectivity index (χ0n) is 32.6. The molecule has 0 aliphatic rings. The monoisotopic (exact) mass is 635 g/mol. The van der Waals surface area contributed by atoms with Crippen LogP contribution in [0.25, 0.3) is 0 Å². The Morgan fingerprint density at radius 3 is 1.25 bits per heavy atom. The van der Waals surface area contributed by atoms with Crippen molar-refractivity contribution in [3.63, 3.8) is 0 Å². The van der Waals surface area contributed by atoms with E-state index in [0.717, 1.165) is 45.6 Å². The highest BCUT2D eigenvalue weighted by atomic mass is 16.6. The van der Waals surface area contributed by atoms with Gasteiger partial charge in [0.2, 0.25) is 0 Å². The fourth-order valence-corrected chi connectivity index (χ4v) is 2.72. The van der Waals surface area contributed by atoms with Crippen LogP contribution in [-0.2, 0) is 9.47 Å². The van der Waals surface area contributed by atoms with Gasteiger partial charge in [-0.15, -0.1) is 0 Å². The van der Waals surface area contributed by atoms with Crippen LogP contribution >= 0.6 is 0 Å². The third-order valence-electron chi connectivity index (χ3n) is 6.30. The Morgan fingerprint density at radius 1 is 0.591 bits per heavy atom. The highest BCUT2D eigenvalue weighted by Gasteiger charge is 2.20.